The first kappa shape index (κ1) is 33.4. The molecule has 0 aromatic rings. The minimum atomic E-state index is 0. The smallest absolute Gasteiger partial charge is 0.343 e. The van der Waals surface area contributed by atoms with Crippen molar-refractivity contribution in [1.82, 2.24) is 0 Å². The quantitative estimate of drug-likeness (QED) is 0.311. The topological polar surface area (TPSA) is 0 Å². The van der Waals surface area contributed by atoms with Gasteiger partial charge in [-0.05, 0) is 0 Å². The Bertz CT molecular complexity index is 59.8. The van der Waals surface area contributed by atoms with Crippen molar-refractivity contribution >= 4 is 0 Å². The molecule has 0 aromatic heterocycles. The van der Waals surface area contributed by atoms with Crippen LogP contribution in [0.25, 0.3) is 0 Å². The Morgan fingerprint density at radius 1 is 0.429 bits per heavy atom. The van der Waals surface area contributed by atoms with Crippen molar-refractivity contribution < 1.29 is 21.7 Å². The minimum absolute atomic E-state index is 0. The molecule has 0 spiro atoms. The van der Waals surface area contributed by atoms with Crippen LogP contribution in [0.4, 0.5) is 0 Å². The van der Waals surface area contributed by atoms with Crippen LogP contribution in [0.3, 0.4) is 0 Å². The van der Waals surface area contributed by atoms with Gasteiger partial charge in [0.1, 0.15) is 0 Å². The molecular weight excluding hydrogens is 288 g/mol. The Kier molecular flexibility index (Phi) is 79.1. The van der Waals surface area contributed by atoms with Gasteiger partial charge in [-0.1, -0.05) is 79.1 Å². The van der Waals surface area contributed by atoms with Crippen LogP contribution < -0.4 is 0 Å². The summed E-state index contributed by atoms with van der Waals surface area (Å²) < 4.78 is 0. The van der Waals surface area contributed by atoms with Crippen molar-refractivity contribution in [2.45, 2.75) is 105 Å². The van der Waals surface area contributed by atoms with Crippen molar-refractivity contribution in [3.8, 4) is 0 Å². The molecule has 0 aliphatic heterocycles. The Morgan fingerprint density at radius 3 is 0.571 bits per heavy atom. The van der Waals surface area contributed by atoms with Crippen LogP contribution in [0.5, 0.6) is 0 Å². The summed E-state index contributed by atoms with van der Waals surface area (Å²) in [6, 6.07) is 0. The third kappa shape index (κ3) is 95.5. The maximum Gasteiger partial charge on any atom is 4.00 e. The van der Waals surface area contributed by atoms with Crippen molar-refractivity contribution in [3.63, 3.8) is 0 Å². The van der Waals surface area contributed by atoms with Crippen molar-refractivity contribution in [3.05, 3.63) is 27.7 Å². The normalized spacial score (nSPS) is 8.00. The molecule has 0 nitrogen and oxygen atoms in total. The van der Waals surface area contributed by atoms with Gasteiger partial charge in [0.05, 0.1) is 0 Å². The molecule has 0 N–H and O–H groups in total. The molecule has 0 fully saturated rings. The molecule has 0 unspecified atom stereocenters. The Hall–Kier alpha value is 0.714. The molecule has 21 heavy (non-hydrogen) atoms. The summed E-state index contributed by atoms with van der Waals surface area (Å²) in [6.45, 7) is 23.4. The molecule has 0 radical (unpaired) electrons. The van der Waals surface area contributed by atoms with E-state index in [0.717, 1.165) is 25.7 Å². The second kappa shape index (κ2) is 49.8. The summed E-state index contributed by atoms with van der Waals surface area (Å²) in [5.74, 6) is 0. The van der Waals surface area contributed by atoms with Crippen LogP contribution in [-0.4, -0.2) is 0 Å². The van der Waals surface area contributed by atoms with Crippen LogP contribution in [-0.2, 0) is 21.7 Å². The summed E-state index contributed by atoms with van der Waals surface area (Å²) in [5, 5.41) is 0. The zero-order valence-corrected chi connectivity index (χ0v) is 17.4. The summed E-state index contributed by atoms with van der Waals surface area (Å²) >= 11 is 0. The van der Waals surface area contributed by atoms with Crippen molar-refractivity contribution in [1.29, 1.82) is 0 Å². The van der Waals surface area contributed by atoms with Crippen LogP contribution in [0.15, 0.2) is 0 Å². The number of hydrogen-bond donors (Lipinski definition) is 0. The molecule has 0 bridgehead atoms. The summed E-state index contributed by atoms with van der Waals surface area (Å²) in [7, 11) is 0. The van der Waals surface area contributed by atoms with Crippen LogP contribution in [0, 0.1) is 27.7 Å². The Labute approximate surface area is 154 Å². The average Bonchev–Trinajstić information content (AvgIpc) is 2.44. The molecule has 0 atom stereocenters. The number of rotatable bonds is 8. The molecule has 0 aliphatic carbocycles. The van der Waals surface area contributed by atoms with Gasteiger partial charge in [-0.15, -0.1) is 0 Å². The molecule has 0 heterocycles. The van der Waals surface area contributed by atoms with E-state index in [0.29, 0.717) is 0 Å². The van der Waals surface area contributed by atoms with Crippen LogP contribution in [0.1, 0.15) is 105 Å². The van der Waals surface area contributed by atoms with Crippen molar-refractivity contribution in [2.75, 3.05) is 0 Å². The van der Waals surface area contributed by atoms with Gasteiger partial charge >= 0.3 is 21.7 Å². The second-order valence-electron chi connectivity index (χ2n) is 4.83. The summed E-state index contributed by atoms with van der Waals surface area (Å²) in [4.78, 5) is 0. The van der Waals surface area contributed by atoms with Gasteiger partial charge in [0.2, 0.25) is 0 Å². The Balaban J connectivity index is -0.0000000533. The number of unbranched alkanes of at least 4 members (excludes halogenated alkanes) is 8. The van der Waals surface area contributed by atoms with Crippen LogP contribution in [0.2, 0.25) is 0 Å². The molecule has 0 rings (SSSR count). The molecular formula is C20H44Ti. The second-order valence-corrected chi connectivity index (χ2v) is 4.83. The van der Waals surface area contributed by atoms with Gasteiger partial charge in [-0.2, -0.15) is 25.7 Å². The van der Waals surface area contributed by atoms with Gasteiger partial charge in [0, 0.05) is 0 Å². The molecule has 1 heteroatoms. The van der Waals surface area contributed by atoms with Gasteiger partial charge < -0.3 is 27.7 Å². The van der Waals surface area contributed by atoms with E-state index in [1.54, 1.807) is 0 Å². The maximum absolute atomic E-state index is 3.68. The third-order valence-corrected chi connectivity index (χ3v) is 2.41. The molecule has 0 amide bonds. The van der Waals surface area contributed by atoms with Gasteiger partial charge in [-0.3, -0.25) is 0 Å². The molecule has 0 saturated heterocycles. The zero-order valence-electron chi connectivity index (χ0n) is 15.8. The van der Waals surface area contributed by atoms with Gasteiger partial charge in [0.15, 0.2) is 0 Å². The Morgan fingerprint density at radius 2 is 0.571 bits per heavy atom. The maximum atomic E-state index is 3.68. The largest absolute Gasteiger partial charge is 4.00 e. The molecule has 0 aliphatic rings. The van der Waals surface area contributed by atoms with E-state index < -0.39 is 0 Å². The van der Waals surface area contributed by atoms with E-state index >= 15 is 0 Å². The molecule has 0 saturated carbocycles. The van der Waals surface area contributed by atoms with E-state index in [-0.39, 0.29) is 21.7 Å². The van der Waals surface area contributed by atoms with E-state index in [9.17, 15) is 0 Å². The first-order valence-corrected chi connectivity index (χ1v) is 8.83. The van der Waals surface area contributed by atoms with Gasteiger partial charge in [-0.25, -0.2) is 0 Å². The predicted octanol–water partition coefficient (Wildman–Crippen LogP) is 8.04. The zero-order chi connectivity index (χ0) is 16.5. The van der Waals surface area contributed by atoms with Crippen molar-refractivity contribution in [2.24, 2.45) is 0 Å². The molecule has 128 valence electrons. The average molecular weight is 332 g/mol. The third-order valence-electron chi connectivity index (χ3n) is 2.41. The van der Waals surface area contributed by atoms with Crippen LogP contribution >= 0.6 is 0 Å². The molecule has 0 aromatic carbocycles. The summed E-state index contributed by atoms with van der Waals surface area (Å²) in [5.41, 5.74) is 0. The van der Waals surface area contributed by atoms with E-state index in [4.69, 9.17) is 0 Å². The van der Waals surface area contributed by atoms with E-state index in [2.05, 4.69) is 55.4 Å². The fraction of sp³-hybridized carbons (Fsp3) is 0.800. The SMILES string of the molecule is [CH2-]CCCC.[CH2-]CCCC.[CH2-]CCCC.[CH2-]CCCC.[Ti+4]. The monoisotopic (exact) mass is 332 g/mol. The fourth-order valence-corrected chi connectivity index (χ4v) is 1.000. The fourth-order valence-electron chi connectivity index (χ4n) is 1.000. The first-order valence-electron chi connectivity index (χ1n) is 8.83. The van der Waals surface area contributed by atoms with E-state index in [1.165, 1.54) is 51.4 Å². The predicted molar refractivity (Wildman–Crippen MR) is 99.5 cm³/mol. The summed E-state index contributed by atoms with van der Waals surface area (Å²) in [6.07, 6.45) is 14.6. The first-order chi connectivity index (χ1) is 9.66. The minimum Gasteiger partial charge on any atom is -0.343 e. The number of hydrogen-bond acceptors (Lipinski definition) is 0. The van der Waals surface area contributed by atoms with E-state index in [1.807, 2.05) is 0 Å². The standard InChI is InChI=1S/4C5H11.Ti/c4*1-3-5-4-2;/h4*1,3-5H2,2H3;/q4*-1;+4. The van der Waals surface area contributed by atoms with Gasteiger partial charge in [0.25, 0.3) is 0 Å².